The van der Waals surface area contributed by atoms with E-state index in [1.807, 2.05) is 12.1 Å². The van der Waals surface area contributed by atoms with E-state index >= 15 is 0 Å². The van der Waals surface area contributed by atoms with Crippen LogP contribution in [0.4, 0.5) is 4.39 Å². The number of carbonyl (C=O) groups is 1. The monoisotopic (exact) mass is 384 g/mol. The van der Waals surface area contributed by atoms with Gasteiger partial charge in [0.2, 0.25) is 0 Å². The Morgan fingerprint density at radius 2 is 2.00 bits per heavy atom. The lowest BCUT2D eigenvalue weighted by Gasteiger charge is -2.14. The molecule has 146 valence electrons. The number of ether oxygens (including phenoxy) is 1. The quantitative estimate of drug-likeness (QED) is 0.645. The summed E-state index contributed by atoms with van der Waals surface area (Å²) in [5.74, 6) is 0.273. The minimum absolute atomic E-state index is 0.000682. The molecule has 0 aliphatic rings. The molecule has 1 atom stereocenters. The van der Waals surface area contributed by atoms with Crippen molar-refractivity contribution >= 4 is 16.7 Å². The maximum absolute atomic E-state index is 13.2. The van der Waals surface area contributed by atoms with Gasteiger partial charge >= 0.3 is 0 Å². The van der Waals surface area contributed by atoms with Gasteiger partial charge in [-0.25, -0.2) is 9.37 Å². The van der Waals surface area contributed by atoms with Gasteiger partial charge in [0.25, 0.3) is 5.56 Å². The molecule has 1 heterocycles. The molecule has 0 aliphatic carbocycles. The minimum atomic E-state index is -0.921. The maximum Gasteiger partial charge on any atom is 0.261 e. The van der Waals surface area contributed by atoms with Crippen LogP contribution in [0.25, 0.3) is 10.9 Å². The third-order valence-corrected chi connectivity index (χ3v) is 4.33. The fourth-order valence-electron chi connectivity index (χ4n) is 2.81. The number of aromatic nitrogens is 2. The van der Waals surface area contributed by atoms with Crippen molar-refractivity contribution in [2.75, 3.05) is 6.61 Å². The number of ketones is 1. The molecule has 0 saturated carbocycles. The first-order chi connectivity index (χ1) is 13.4. The predicted octanol–water partition coefficient (Wildman–Crippen LogP) is 2.50. The predicted molar refractivity (Wildman–Crippen MR) is 103 cm³/mol. The first-order valence-electron chi connectivity index (χ1n) is 8.96. The molecule has 6 nitrogen and oxygen atoms in total. The van der Waals surface area contributed by atoms with Crippen LogP contribution in [0.1, 0.15) is 18.9 Å². The number of nitrogens with zero attached hydrogens (tertiary/aromatic N) is 2. The molecule has 3 rings (SSSR count). The first kappa shape index (κ1) is 19.7. The largest absolute Gasteiger partial charge is 0.491 e. The van der Waals surface area contributed by atoms with E-state index in [2.05, 4.69) is 4.98 Å². The molecule has 0 unspecified atom stereocenters. The molecule has 1 aromatic heterocycles. The van der Waals surface area contributed by atoms with Gasteiger partial charge in [0.1, 0.15) is 30.1 Å². The Bertz CT molecular complexity index is 1030. The molecule has 7 heteroatoms. The Morgan fingerprint density at radius 1 is 1.25 bits per heavy atom. The summed E-state index contributed by atoms with van der Waals surface area (Å²) in [5, 5.41) is 10.5. The number of carbonyl (C=O) groups excluding carboxylic acids is 1. The van der Waals surface area contributed by atoms with Crippen molar-refractivity contribution in [1.29, 1.82) is 0 Å². The van der Waals surface area contributed by atoms with Gasteiger partial charge in [0, 0.05) is 12.5 Å². The van der Waals surface area contributed by atoms with Crippen LogP contribution in [-0.4, -0.2) is 33.2 Å². The Hall–Kier alpha value is -3.06. The van der Waals surface area contributed by atoms with Crippen molar-refractivity contribution in [1.82, 2.24) is 9.55 Å². The molecule has 0 bridgehead atoms. The smallest absolute Gasteiger partial charge is 0.261 e. The van der Waals surface area contributed by atoms with Crippen LogP contribution in [0.5, 0.6) is 5.75 Å². The molecule has 1 N–H and O–H groups in total. The van der Waals surface area contributed by atoms with E-state index in [9.17, 15) is 19.1 Å². The lowest BCUT2D eigenvalue weighted by atomic mass is 10.1. The van der Waals surface area contributed by atoms with E-state index < -0.39 is 11.9 Å². The summed E-state index contributed by atoms with van der Waals surface area (Å²) in [5.41, 5.74) is 0.962. The number of hydrogen-bond acceptors (Lipinski definition) is 5. The summed E-state index contributed by atoms with van der Waals surface area (Å²) in [4.78, 5) is 27.5. The van der Waals surface area contributed by atoms with Crippen LogP contribution in [0.15, 0.2) is 53.6 Å². The third-order valence-electron chi connectivity index (χ3n) is 4.33. The Kier molecular flexibility index (Phi) is 6.16. The van der Waals surface area contributed by atoms with Crippen LogP contribution in [0.3, 0.4) is 0 Å². The molecule has 3 aromatic rings. The van der Waals surface area contributed by atoms with Gasteiger partial charge in [0.15, 0.2) is 0 Å². The second kappa shape index (κ2) is 8.75. The molecule has 0 aliphatic heterocycles. The van der Waals surface area contributed by atoms with E-state index in [4.69, 9.17) is 4.74 Å². The van der Waals surface area contributed by atoms with Crippen molar-refractivity contribution in [2.24, 2.45) is 0 Å². The molecule has 0 fully saturated rings. The van der Waals surface area contributed by atoms with E-state index in [1.54, 1.807) is 19.1 Å². The highest BCUT2D eigenvalue weighted by atomic mass is 19.1. The summed E-state index contributed by atoms with van der Waals surface area (Å²) in [6.45, 7) is 1.57. The summed E-state index contributed by atoms with van der Waals surface area (Å²) in [6, 6.07) is 11.1. The highest BCUT2D eigenvalue weighted by Gasteiger charge is 2.11. The van der Waals surface area contributed by atoms with Gasteiger partial charge in [0.05, 0.1) is 23.8 Å². The van der Waals surface area contributed by atoms with Crippen LogP contribution in [0.2, 0.25) is 0 Å². The molecule has 0 radical (unpaired) electrons. The highest BCUT2D eigenvalue weighted by Crippen LogP contribution is 2.14. The molecule has 0 saturated heterocycles. The number of Topliss-reactive ketones (excluding diaryl/α,β-unsaturated/α-hetero) is 1. The minimum Gasteiger partial charge on any atom is -0.491 e. The van der Waals surface area contributed by atoms with Crippen molar-refractivity contribution in [3.05, 3.63) is 70.5 Å². The fraction of sp³-hybridized carbons (Fsp3) is 0.286. The molecule has 28 heavy (non-hydrogen) atoms. The van der Waals surface area contributed by atoms with Crippen LogP contribution < -0.4 is 10.3 Å². The average molecular weight is 384 g/mol. The number of aryl methyl sites for hydroxylation is 1. The van der Waals surface area contributed by atoms with Gasteiger partial charge < -0.3 is 14.6 Å². The van der Waals surface area contributed by atoms with Crippen LogP contribution >= 0.6 is 0 Å². The topological polar surface area (TPSA) is 81.4 Å². The maximum atomic E-state index is 13.2. The lowest BCUT2D eigenvalue weighted by molar-refractivity contribution is -0.116. The summed E-state index contributed by atoms with van der Waals surface area (Å²) in [6.07, 6.45) is 1.55. The number of benzene rings is 2. The number of aliphatic hydroxyl groups is 1. The van der Waals surface area contributed by atoms with E-state index in [1.165, 1.54) is 29.1 Å². The SMILES string of the molecule is CC(=O)CCc1ccc(OC[C@@H](O)Cn2cnc3cc(F)ccc3c2=O)cc1. The standard InChI is InChI=1S/C21H21FN2O4/c1-14(25)2-3-15-4-7-18(8-5-15)28-12-17(26)11-24-13-23-20-10-16(22)6-9-19(20)21(24)27/h4-10,13,17,26H,2-3,11-12H2,1H3/t17-/m0/s1. The Balaban J connectivity index is 1.58. The number of fused-ring (bicyclic) bond motifs is 1. The fourth-order valence-corrected chi connectivity index (χ4v) is 2.81. The van der Waals surface area contributed by atoms with Crippen molar-refractivity contribution < 1.29 is 19.0 Å². The second-order valence-electron chi connectivity index (χ2n) is 6.67. The Labute approximate surface area is 161 Å². The lowest BCUT2D eigenvalue weighted by Crippen LogP contribution is -2.30. The third kappa shape index (κ3) is 5.01. The number of aliphatic hydroxyl groups excluding tert-OH is 1. The molecular formula is C21H21FN2O4. The zero-order chi connectivity index (χ0) is 20.1. The Morgan fingerprint density at radius 3 is 2.71 bits per heavy atom. The summed E-state index contributed by atoms with van der Waals surface area (Å²) in [7, 11) is 0. The van der Waals surface area contributed by atoms with E-state index in [0.29, 0.717) is 18.6 Å². The van der Waals surface area contributed by atoms with Crippen LogP contribution in [0, 0.1) is 5.82 Å². The second-order valence-corrected chi connectivity index (χ2v) is 6.67. The summed E-state index contributed by atoms with van der Waals surface area (Å²) >= 11 is 0. The van der Waals surface area contributed by atoms with Gasteiger partial charge in [-0.15, -0.1) is 0 Å². The van der Waals surface area contributed by atoms with Crippen molar-refractivity contribution in [2.45, 2.75) is 32.4 Å². The van der Waals surface area contributed by atoms with Gasteiger partial charge in [-0.05, 0) is 43.2 Å². The van der Waals surface area contributed by atoms with Gasteiger partial charge in [-0.2, -0.15) is 0 Å². The van der Waals surface area contributed by atoms with Gasteiger partial charge in [-0.1, -0.05) is 12.1 Å². The van der Waals surface area contributed by atoms with E-state index in [-0.39, 0.29) is 35.4 Å². The van der Waals surface area contributed by atoms with Crippen LogP contribution in [-0.2, 0) is 17.8 Å². The molecule has 0 amide bonds. The summed E-state index contributed by atoms with van der Waals surface area (Å²) < 4.78 is 20.1. The molecule has 0 spiro atoms. The van der Waals surface area contributed by atoms with Gasteiger partial charge in [-0.3, -0.25) is 9.36 Å². The highest BCUT2D eigenvalue weighted by molar-refractivity contribution is 5.77. The van der Waals surface area contributed by atoms with Crippen molar-refractivity contribution in [3.63, 3.8) is 0 Å². The number of hydrogen-bond donors (Lipinski definition) is 1. The number of halogens is 1. The normalized spacial score (nSPS) is 12.1. The van der Waals surface area contributed by atoms with Crippen molar-refractivity contribution in [3.8, 4) is 5.75 Å². The average Bonchev–Trinajstić information content (AvgIpc) is 2.67. The van der Waals surface area contributed by atoms with E-state index in [0.717, 1.165) is 5.56 Å². The molecule has 2 aromatic carbocycles. The number of rotatable bonds is 8. The molecular weight excluding hydrogens is 363 g/mol. The zero-order valence-electron chi connectivity index (χ0n) is 15.5. The first-order valence-corrected chi connectivity index (χ1v) is 8.96. The zero-order valence-corrected chi connectivity index (χ0v) is 15.5.